The largest absolute Gasteiger partial charge is 0.493 e. The summed E-state index contributed by atoms with van der Waals surface area (Å²) in [5.74, 6) is -0.934. The molecule has 1 aliphatic heterocycles. The molecule has 1 fully saturated rings. The Morgan fingerprint density at radius 1 is 1.36 bits per heavy atom. The average Bonchev–Trinajstić information content (AvgIpc) is 2.78. The minimum atomic E-state index is -1.09. The van der Waals surface area contributed by atoms with Crippen molar-refractivity contribution in [2.24, 2.45) is 0 Å². The SMILES string of the molecule is COc1cc(/C=C2\SC(=O)NC2=O)ccc1O[C@H](C)C(=O)O. The number of hydrogen-bond acceptors (Lipinski definition) is 6. The van der Waals surface area contributed by atoms with Crippen molar-refractivity contribution < 1.29 is 29.0 Å². The molecule has 8 heteroatoms. The molecule has 2 N–H and O–H groups in total. The van der Waals surface area contributed by atoms with Gasteiger partial charge in [0.1, 0.15) is 0 Å². The molecular formula is C14H13NO6S. The van der Waals surface area contributed by atoms with E-state index in [1.165, 1.54) is 20.1 Å². The van der Waals surface area contributed by atoms with Crippen LogP contribution in [0.5, 0.6) is 11.5 Å². The summed E-state index contributed by atoms with van der Waals surface area (Å²) in [7, 11) is 1.42. The number of carbonyl (C=O) groups excluding carboxylic acids is 2. The molecule has 22 heavy (non-hydrogen) atoms. The number of hydrogen-bond donors (Lipinski definition) is 2. The highest BCUT2D eigenvalue weighted by Crippen LogP contribution is 2.32. The van der Waals surface area contributed by atoms with Crippen molar-refractivity contribution in [2.45, 2.75) is 13.0 Å². The van der Waals surface area contributed by atoms with E-state index in [-0.39, 0.29) is 10.7 Å². The Morgan fingerprint density at radius 3 is 2.64 bits per heavy atom. The summed E-state index contributed by atoms with van der Waals surface area (Å²) in [5, 5.41) is 10.6. The lowest BCUT2D eigenvalue weighted by Crippen LogP contribution is -2.23. The van der Waals surface area contributed by atoms with E-state index in [9.17, 15) is 14.4 Å². The monoisotopic (exact) mass is 323 g/mol. The topological polar surface area (TPSA) is 102 Å². The number of methoxy groups -OCH3 is 1. The smallest absolute Gasteiger partial charge is 0.344 e. The lowest BCUT2D eigenvalue weighted by atomic mass is 10.2. The molecule has 1 aromatic rings. The van der Waals surface area contributed by atoms with Crippen molar-refractivity contribution in [3.63, 3.8) is 0 Å². The molecule has 2 amide bonds. The normalized spacial score (nSPS) is 17.3. The van der Waals surface area contributed by atoms with Gasteiger partial charge in [-0.05, 0) is 42.5 Å². The molecule has 0 saturated carbocycles. The van der Waals surface area contributed by atoms with Crippen LogP contribution in [0.3, 0.4) is 0 Å². The van der Waals surface area contributed by atoms with Crippen LogP contribution in [-0.4, -0.2) is 35.4 Å². The van der Waals surface area contributed by atoms with E-state index in [4.69, 9.17) is 14.6 Å². The van der Waals surface area contributed by atoms with Crippen molar-refractivity contribution >= 4 is 35.0 Å². The number of nitrogens with one attached hydrogen (secondary N) is 1. The zero-order valence-corrected chi connectivity index (χ0v) is 12.6. The summed E-state index contributed by atoms with van der Waals surface area (Å²) >= 11 is 0.812. The number of ether oxygens (including phenoxy) is 2. The standard InChI is InChI=1S/C14H13NO6S/c1-7(13(17)18)21-9-4-3-8(5-10(9)20-2)6-11-12(16)15-14(19)22-11/h3-7H,1-2H3,(H,17,18)(H,15,16,19)/b11-6-/t7-/m1/s1. The highest BCUT2D eigenvalue weighted by atomic mass is 32.2. The van der Waals surface area contributed by atoms with E-state index in [1.54, 1.807) is 18.2 Å². The first-order valence-corrected chi connectivity index (χ1v) is 7.04. The fraction of sp³-hybridized carbons (Fsp3) is 0.214. The molecule has 1 atom stereocenters. The van der Waals surface area contributed by atoms with E-state index in [1.807, 2.05) is 0 Å². The number of amides is 2. The van der Waals surface area contributed by atoms with E-state index in [0.29, 0.717) is 11.3 Å². The van der Waals surface area contributed by atoms with Crippen molar-refractivity contribution in [3.8, 4) is 11.5 Å². The number of imide groups is 1. The van der Waals surface area contributed by atoms with Crippen LogP contribution in [0.15, 0.2) is 23.1 Å². The van der Waals surface area contributed by atoms with Gasteiger partial charge in [0.05, 0.1) is 12.0 Å². The summed E-state index contributed by atoms with van der Waals surface area (Å²) in [4.78, 5) is 33.7. The summed E-state index contributed by atoms with van der Waals surface area (Å²) in [5.41, 5.74) is 0.625. The number of thioether (sulfide) groups is 1. The number of carbonyl (C=O) groups is 3. The molecule has 2 rings (SSSR count). The highest BCUT2D eigenvalue weighted by molar-refractivity contribution is 8.18. The van der Waals surface area contributed by atoms with Gasteiger partial charge in [0.2, 0.25) is 0 Å². The molecule has 1 heterocycles. The van der Waals surface area contributed by atoms with Crippen LogP contribution in [-0.2, 0) is 9.59 Å². The van der Waals surface area contributed by atoms with E-state index in [0.717, 1.165) is 11.8 Å². The van der Waals surface area contributed by atoms with Crippen LogP contribution in [0.1, 0.15) is 12.5 Å². The second-order valence-electron chi connectivity index (χ2n) is 4.36. The van der Waals surface area contributed by atoms with Crippen molar-refractivity contribution in [1.29, 1.82) is 0 Å². The minimum Gasteiger partial charge on any atom is -0.493 e. The van der Waals surface area contributed by atoms with Crippen LogP contribution in [0.4, 0.5) is 4.79 Å². The van der Waals surface area contributed by atoms with Crippen molar-refractivity contribution in [1.82, 2.24) is 5.32 Å². The maximum atomic E-state index is 11.5. The van der Waals surface area contributed by atoms with Gasteiger partial charge in [0.15, 0.2) is 17.6 Å². The van der Waals surface area contributed by atoms with E-state index >= 15 is 0 Å². The Kier molecular flexibility index (Phi) is 4.71. The molecule has 0 aromatic heterocycles. The zero-order valence-electron chi connectivity index (χ0n) is 11.8. The van der Waals surface area contributed by atoms with E-state index in [2.05, 4.69) is 5.32 Å². The Labute approximate surface area is 130 Å². The van der Waals surface area contributed by atoms with Gasteiger partial charge in [-0.2, -0.15) is 0 Å². The van der Waals surface area contributed by atoms with Crippen molar-refractivity contribution in [2.75, 3.05) is 7.11 Å². The van der Waals surface area contributed by atoms with Gasteiger partial charge in [-0.25, -0.2) is 4.79 Å². The quantitative estimate of drug-likeness (QED) is 0.797. The highest BCUT2D eigenvalue weighted by Gasteiger charge is 2.25. The minimum absolute atomic E-state index is 0.277. The van der Waals surface area contributed by atoms with Gasteiger partial charge in [-0.15, -0.1) is 0 Å². The zero-order chi connectivity index (χ0) is 16.3. The molecule has 0 radical (unpaired) electrons. The molecule has 1 saturated heterocycles. The summed E-state index contributed by atoms with van der Waals surface area (Å²) < 4.78 is 10.4. The Balaban J connectivity index is 2.26. The van der Waals surface area contributed by atoms with Crippen LogP contribution in [0.25, 0.3) is 6.08 Å². The lowest BCUT2D eigenvalue weighted by molar-refractivity contribution is -0.144. The molecule has 0 aliphatic carbocycles. The van der Waals surface area contributed by atoms with Gasteiger partial charge in [-0.1, -0.05) is 6.07 Å². The van der Waals surface area contributed by atoms with Gasteiger partial charge in [0.25, 0.3) is 11.1 Å². The lowest BCUT2D eigenvalue weighted by Gasteiger charge is -2.14. The van der Waals surface area contributed by atoms with Crippen LogP contribution in [0.2, 0.25) is 0 Å². The summed E-state index contributed by atoms with van der Waals surface area (Å²) in [6, 6.07) is 4.77. The fourth-order valence-electron chi connectivity index (χ4n) is 1.68. The first kappa shape index (κ1) is 15.9. The third-order valence-electron chi connectivity index (χ3n) is 2.78. The Bertz CT molecular complexity index is 669. The van der Waals surface area contributed by atoms with Crippen LogP contribution in [0, 0.1) is 0 Å². The molecular weight excluding hydrogens is 310 g/mol. The van der Waals surface area contributed by atoms with Crippen molar-refractivity contribution in [3.05, 3.63) is 28.7 Å². The maximum absolute atomic E-state index is 11.5. The number of rotatable bonds is 5. The number of aliphatic carboxylic acids is 1. The fourth-order valence-corrected chi connectivity index (χ4v) is 2.37. The molecule has 0 unspecified atom stereocenters. The molecule has 116 valence electrons. The van der Waals surface area contributed by atoms with E-state index < -0.39 is 23.2 Å². The first-order valence-electron chi connectivity index (χ1n) is 6.23. The average molecular weight is 323 g/mol. The maximum Gasteiger partial charge on any atom is 0.344 e. The van der Waals surface area contributed by atoms with Crippen LogP contribution < -0.4 is 14.8 Å². The second kappa shape index (κ2) is 6.52. The van der Waals surface area contributed by atoms with Crippen LogP contribution >= 0.6 is 11.8 Å². The summed E-state index contributed by atoms with van der Waals surface area (Å²) in [6.45, 7) is 1.41. The van der Waals surface area contributed by atoms with Gasteiger partial charge in [0, 0.05) is 0 Å². The van der Waals surface area contributed by atoms with Gasteiger partial charge < -0.3 is 14.6 Å². The third kappa shape index (κ3) is 3.59. The predicted octanol–water partition coefficient (Wildman–Crippen LogP) is 1.87. The summed E-state index contributed by atoms with van der Waals surface area (Å²) in [6.07, 6.45) is 0.518. The molecule has 7 nitrogen and oxygen atoms in total. The Morgan fingerprint density at radius 2 is 2.09 bits per heavy atom. The number of carboxylic acids is 1. The molecule has 0 bridgehead atoms. The predicted molar refractivity (Wildman–Crippen MR) is 79.8 cm³/mol. The second-order valence-corrected chi connectivity index (χ2v) is 5.38. The first-order chi connectivity index (χ1) is 10.4. The third-order valence-corrected chi connectivity index (χ3v) is 3.59. The molecule has 1 aliphatic rings. The molecule has 0 spiro atoms. The van der Waals surface area contributed by atoms with Gasteiger partial charge in [-0.3, -0.25) is 14.9 Å². The van der Waals surface area contributed by atoms with Gasteiger partial charge >= 0.3 is 5.97 Å². The number of benzene rings is 1. The molecule has 1 aromatic carbocycles. The number of carboxylic acid groups (broad SMARTS) is 1. The Hall–Kier alpha value is -2.48.